The second kappa shape index (κ2) is 7.33. The van der Waals surface area contributed by atoms with E-state index in [-0.39, 0.29) is 18.5 Å². The number of halogens is 1. The van der Waals surface area contributed by atoms with E-state index in [4.69, 9.17) is 16.3 Å². The number of carbonyl (C=O) groups is 2. The molecular formula is C14H21ClN2O3. The van der Waals surface area contributed by atoms with Gasteiger partial charge in [-0.05, 0) is 33.8 Å². The van der Waals surface area contributed by atoms with E-state index in [0.717, 1.165) is 0 Å². The van der Waals surface area contributed by atoms with E-state index in [9.17, 15) is 9.59 Å². The predicted molar refractivity (Wildman–Crippen MR) is 78.0 cm³/mol. The Balaban J connectivity index is 2.94. The topological polar surface area (TPSA) is 51.5 Å². The fraction of sp³-hybridized carbons (Fsp3) is 0.571. The molecule has 1 amide bonds. The van der Waals surface area contributed by atoms with Gasteiger partial charge in [-0.15, -0.1) is 0 Å². The summed E-state index contributed by atoms with van der Waals surface area (Å²) in [5.41, 5.74) is 0.483. The van der Waals surface area contributed by atoms with Crippen molar-refractivity contribution in [3.05, 3.63) is 23.0 Å². The first kappa shape index (κ1) is 16.6. The largest absolute Gasteiger partial charge is 0.465 e. The normalized spacial score (nSPS) is 10.7. The summed E-state index contributed by atoms with van der Waals surface area (Å²) in [6.45, 7) is 8.17. The van der Waals surface area contributed by atoms with Gasteiger partial charge in [-0.3, -0.25) is 9.59 Å². The lowest BCUT2D eigenvalue weighted by Gasteiger charge is -2.21. The van der Waals surface area contributed by atoms with Gasteiger partial charge < -0.3 is 14.2 Å². The Bertz CT molecular complexity index is 483. The van der Waals surface area contributed by atoms with Crippen molar-refractivity contribution < 1.29 is 14.3 Å². The molecule has 0 N–H and O–H groups in total. The molecule has 0 fully saturated rings. The second-order valence-corrected chi connectivity index (χ2v) is 5.11. The molecule has 5 nitrogen and oxygen atoms in total. The maximum atomic E-state index is 12.5. The molecule has 1 aromatic rings. The van der Waals surface area contributed by atoms with Crippen LogP contribution in [0.3, 0.4) is 0 Å². The van der Waals surface area contributed by atoms with E-state index in [2.05, 4.69) is 0 Å². The van der Waals surface area contributed by atoms with Crippen LogP contribution in [0.25, 0.3) is 0 Å². The Labute approximate surface area is 124 Å². The Hall–Kier alpha value is -1.49. The summed E-state index contributed by atoms with van der Waals surface area (Å²) < 4.78 is 6.68. The van der Waals surface area contributed by atoms with Crippen molar-refractivity contribution in [3.8, 4) is 0 Å². The fourth-order valence-electron chi connectivity index (χ4n) is 1.90. The first-order valence-electron chi connectivity index (χ1n) is 6.72. The van der Waals surface area contributed by atoms with Crippen molar-refractivity contribution in [2.75, 3.05) is 19.7 Å². The first-order valence-corrected chi connectivity index (χ1v) is 7.10. The molecule has 0 saturated carbocycles. The van der Waals surface area contributed by atoms with Gasteiger partial charge in [0, 0.05) is 18.8 Å². The molecule has 0 aliphatic rings. The third-order valence-electron chi connectivity index (χ3n) is 2.88. The number of hydrogen-bond donors (Lipinski definition) is 0. The van der Waals surface area contributed by atoms with Crippen LogP contribution in [0.1, 0.15) is 44.2 Å². The molecule has 20 heavy (non-hydrogen) atoms. The zero-order valence-electron chi connectivity index (χ0n) is 12.4. The lowest BCUT2D eigenvalue weighted by atomic mass is 10.3. The zero-order valence-corrected chi connectivity index (χ0v) is 13.1. The highest BCUT2D eigenvalue weighted by Crippen LogP contribution is 2.20. The summed E-state index contributed by atoms with van der Waals surface area (Å²) in [4.78, 5) is 25.5. The van der Waals surface area contributed by atoms with Crippen molar-refractivity contribution >= 4 is 23.5 Å². The molecule has 0 aromatic carbocycles. The van der Waals surface area contributed by atoms with Crippen LogP contribution in [0, 0.1) is 0 Å². The summed E-state index contributed by atoms with van der Waals surface area (Å²) in [5.74, 6) is -0.627. The number of ether oxygens (including phenoxy) is 1. The van der Waals surface area contributed by atoms with E-state index in [0.29, 0.717) is 23.9 Å². The van der Waals surface area contributed by atoms with Crippen molar-refractivity contribution in [2.24, 2.45) is 0 Å². The standard InChI is InChI=1S/C14H21ClN2O3/c1-5-16(9-13(18)20-6-2)14(19)12-7-11(15)8-17(12)10(3)4/h7-8,10H,5-6,9H2,1-4H3. The van der Waals surface area contributed by atoms with Gasteiger partial charge >= 0.3 is 5.97 Å². The van der Waals surface area contributed by atoms with Crippen LogP contribution in [0.4, 0.5) is 0 Å². The van der Waals surface area contributed by atoms with Gasteiger partial charge in [-0.2, -0.15) is 0 Å². The molecule has 0 spiro atoms. The van der Waals surface area contributed by atoms with E-state index >= 15 is 0 Å². The minimum Gasteiger partial charge on any atom is -0.465 e. The van der Waals surface area contributed by atoms with Gasteiger partial charge in [0.1, 0.15) is 12.2 Å². The average Bonchev–Trinajstić information content (AvgIpc) is 2.78. The predicted octanol–water partition coefficient (Wildman–Crippen LogP) is 2.75. The number of amides is 1. The van der Waals surface area contributed by atoms with E-state index < -0.39 is 5.97 Å². The molecule has 0 radical (unpaired) electrons. The number of aromatic nitrogens is 1. The number of hydrogen-bond acceptors (Lipinski definition) is 3. The van der Waals surface area contributed by atoms with Gasteiger partial charge in [0.2, 0.25) is 0 Å². The maximum Gasteiger partial charge on any atom is 0.325 e. The third-order valence-corrected chi connectivity index (χ3v) is 3.09. The molecule has 0 aliphatic carbocycles. The molecule has 0 unspecified atom stereocenters. The van der Waals surface area contributed by atoms with Crippen LogP contribution >= 0.6 is 11.6 Å². The highest BCUT2D eigenvalue weighted by atomic mass is 35.5. The molecule has 6 heteroatoms. The van der Waals surface area contributed by atoms with E-state index in [1.807, 2.05) is 20.8 Å². The van der Waals surface area contributed by atoms with Crippen molar-refractivity contribution in [3.63, 3.8) is 0 Å². The van der Waals surface area contributed by atoms with Crippen molar-refractivity contribution in [1.82, 2.24) is 9.47 Å². The molecule has 0 atom stereocenters. The summed E-state index contributed by atoms with van der Waals surface area (Å²) in [7, 11) is 0. The minimum absolute atomic E-state index is 0.0515. The molecule has 1 rings (SSSR count). The smallest absolute Gasteiger partial charge is 0.325 e. The molecule has 0 saturated heterocycles. The highest BCUT2D eigenvalue weighted by Gasteiger charge is 2.22. The summed E-state index contributed by atoms with van der Waals surface area (Å²) in [6, 6.07) is 1.74. The molecule has 1 aromatic heterocycles. The SMILES string of the molecule is CCOC(=O)CN(CC)C(=O)c1cc(Cl)cn1C(C)C. The van der Waals surface area contributed by atoms with Gasteiger partial charge in [-0.1, -0.05) is 11.6 Å². The Morgan fingerprint density at radius 2 is 2.05 bits per heavy atom. The summed E-state index contributed by atoms with van der Waals surface area (Å²) >= 11 is 5.97. The van der Waals surface area contributed by atoms with Gasteiger partial charge in [0.25, 0.3) is 5.91 Å². The number of nitrogens with zero attached hydrogens (tertiary/aromatic N) is 2. The molecule has 1 heterocycles. The Kier molecular flexibility index (Phi) is 6.07. The van der Waals surface area contributed by atoms with Crippen LogP contribution < -0.4 is 0 Å². The number of likely N-dealkylation sites (N-methyl/N-ethyl adjacent to an activating group) is 1. The van der Waals surface area contributed by atoms with Crippen molar-refractivity contribution in [1.29, 1.82) is 0 Å². The van der Waals surface area contributed by atoms with Crippen LogP contribution in [0.2, 0.25) is 5.02 Å². The number of carbonyl (C=O) groups excluding carboxylic acids is 2. The van der Waals surface area contributed by atoms with Crippen LogP contribution in [0.5, 0.6) is 0 Å². The molecular weight excluding hydrogens is 280 g/mol. The van der Waals surface area contributed by atoms with Crippen molar-refractivity contribution in [2.45, 2.75) is 33.7 Å². The molecule has 0 bridgehead atoms. The van der Waals surface area contributed by atoms with Gasteiger partial charge in [0.15, 0.2) is 0 Å². The Morgan fingerprint density at radius 1 is 1.40 bits per heavy atom. The van der Waals surface area contributed by atoms with E-state index in [1.54, 1.807) is 23.8 Å². The molecule has 112 valence electrons. The minimum atomic E-state index is -0.406. The van der Waals surface area contributed by atoms with Crippen LogP contribution in [-0.4, -0.2) is 41.0 Å². The average molecular weight is 301 g/mol. The monoisotopic (exact) mass is 300 g/mol. The highest BCUT2D eigenvalue weighted by molar-refractivity contribution is 6.31. The quantitative estimate of drug-likeness (QED) is 0.759. The van der Waals surface area contributed by atoms with Crippen LogP contribution in [-0.2, 0) is 9.53 Å². The summed E-state index contributed by atoms with van der Waals surface area (Å²) in [6.07, 6.45) is 1.72. The summed E-state index contributed by atoms with van der Waals surface area (Å²) in [5, 5.41) is 0.509. The number of esters is 1. The second-order valence-electron chi connectivity index (χ2n) is 4.67. The van der Waals surface area contributed by atoms with Gasteiger partial charge in [0.05, 0.1) is 11.6 Å². The van der Waals surface area contributed by atoms with Crippen LogP contribution in [0.15, 0.2) is 12.3 Å². The van der Waals surface area contributed by atoms with Gasteiger partial charge in [-0.25, -0.2) is 0 Å². The fourth-order valence-corrected chi connectivity index (χ4v) is 2.10. The van der Waals surface area contributed by atoms with E-state index in [1.165, 1.54) is 4.90 Å². The maximum absolute atomic E-state index is 12.5. The zero-order chi connectivity index (χ0) is 15.3. The molecule has 0 aliphatic heterocycles. The lowest BCUT2D eigenvalue weighted by molar-refractivity contribution is -0.143. The lowest BCUT2D eigenvalue weighted by Crippen LogP contribution is -2.37. The third kappa shape index (κ3) is 4.00. The first-order chi connectivity index (χ1) is 9.40. The Morgan fingerprint density at radius 3 is 2.55 bits per heavy atom. The number of rotatable bonds is 6.